The van der Waals surface area contributed by atoms with Crippen molar-refractivity contribution in [2.24, 2.45) is 0 Å². The Morgan fingerprint density at radius 3 is 2.50 bits per heavy atom. The molecule has 0 aliphatic rings. The molecule has 0 amide bonds. The molecule has 116 valence electrons. The van der Waals surface area contributed by atoms with E-state index in [0.29, 0.717) is 21.1 Å². The summed E-state index contributed by atoms with van der Waals surface area (Å²) in [5.41, 5.74) is 1.77. The number of ether oxygens (including phenoxy) is 1. The average Bonchev–Trinajstić information content (AvgIpc) is 2.56. The first kappa shape index (κ1) is 17.0. The van der Waals surface area contributed by atoms with E-state index in [2.05, 4.69) is 31.9 Å². The standard InChI is InChI=1S/C16H15Br2NO3/c1-10(11-6-4-3-5-7-11)19-14(9-17)12(16(21)22-2)8-13(18)15(19)20/h3-8,10H,9H2,1-2H3/t10-/m0/s1. The summed E-state index contributed by atoms with van der Waals surface area (Å²) in [6.07, 6.45) is 0. The van der Waals surface area contributed by atoms with Gasteiger partial charge in [-0.3, -0.25) is 4.79 Å². The van der Waals surface area contributed by atoms with Crippen molar-refractivity contribution < 1.29 is 9.53 Å². The number of halogens is 2. The number of hydrogen-bond donors (Lipinski definition) is 0. The van der Waals surface area contributed by atoms with Crippen molar-refractivity contribution in [3.63, 3.8) is 0 Å². The van der Waals surface area contributed by atoms with Crippen LogP contribution in [0.4, 0.5) is 0 Å². The molecule has 0 bridgehead atoms. The normalized spacial score (nSPS) is 12.0. The van der Waals surface area contributed by atoms with Crippen LogP contribution in [0, 0.1) is 0 Å². The number of carbonyl (C=O) groups excluding carboxylic acids is 1. The summed E-state index contributed by atoms with van der Waals surface area (Å²) in [7, 11) is 1.32. The fourth-order valence-corrected chi connectivity index (χ4v) is 3.34. The third-order valence-electron chi connectivity index (χ3n) is 3.50. The Labute approximate surface area is 145 Å². The van der Waals surface area contributed by atoms with Gasteiger partial charge in [0.15, 0.2) is 0 Å². The van der Waals surface area contributed by atoms with Crippen molar-refractivity contribution in [3.05, 3.63) is 68.0 Å². The van der Waals surface area contributed by atoms with Crippen molar-refractivity contribution in [2.45, 2.75) is 18.3 Å². The maximum Gasteiger partial charge on any atom is 0.339 e. The summed E-state index contributed by atoms with van der Waals surface area (Å²) < 4.78 is 6.76. The Morgan fingerprint density at radius 1 is 1.32 bits per heavy atom. The Morgan fingerprint density at radius 2 is 1.95 bits per heavy atom. The lowest BCUT2D eigenvalue weighted by Crippen LogP contribution is -2.29. The maximum atomic E-state index is 12.6. The molecule has 2 rings (SSSR count). The number of carbonyl (C=O) groups is 1. The number of esters is 1. The van der Waals surface area contributed by atoms with Crippen LogP contribution in [0.1, 0.15) is 34.6 Å². The molecule has 0 saturated heterocycles. The van der Waals surface area contributed by atoms with E-state index in [1.807, 2.05) is 37.3 Å². The summed E-state index contributed by atoms with van der Waals surface area (Å²) in [5, 5.41) is 0.372. The number of methoxy groups -OCH3 is 1. The van der Waals surface area contributed by atoms with Crippen LogP contribution in [0.5, 0.6) is 0 Å². The molecular formula is C16H15Br2NO3. The van der Waals surface area contributed by atoms with Gasteiger partial charge in [0.2, 0.25) is 0 Å². The molecule has 0 aliphatic heterocycles. The molecule has 1 atom stereocenters. The zero-order valence-corrected chi connectivity index (χ0v) is 15.3. The molecule has 1 heterocycles. The van der Waals surface area contributed by atoms with Crippen LogP contribution >= 0.6 is 31.9 Å². The van der Waals surface area contributed by atoms with E-state index in [1.54, 1.807) is 4.57 Å². The van der Waals surface area contributed by atoms with Gasteiger partial charge in [0.25, 0.3) is 5.56 Å². The fourth-order valence-electron chi connectivity index (χ4n) is 2.35. The highest BCUT2D eigenvalue weighted by Crippen LogP contribution is 2.24. The van der Waals surface area contributed by atoms with Crippen molar-refractivity contribution in [1.29, 1.82) is 0 Å². The minimum atomic E-state index is -0.468. The highest BCUT2D eigenvalue weighted by molar-refractivity contribution is 9.10. The highest BCUT2D eigenvalue weighted by Gasteiger charge is 2.22. The largest absolute Gasteiger partial charge is 0.465 e. The van der Waals surface area contributed by atoms with Gasteiger partial charge in [-0.1, -0.05) is 46.3 Å². The minimum Gasteiger partial charge on any atom is -0.465 e. The molecule has 22 heavy (non-hydrogen) atoms. The lowest BCUT2D eigenvalue weighted by atomic mass is 10.1. The topological polar surface area (TPSA) is 48.3 Å². The molecule has 1 aromatic heterocycles. The maximum absolute atomic E-state index is 12.6. The van der Waals surface area contributed by atoms with Gasteiger partial charge in [0.05, 0.1) is 23.2 Å². The first-order valence-electron chi connectivity index (χ1n) is 6.64. The van der Waals surface area contributed by atoms with Crippen molar-refractivity contribution in [2.75, 3.05) is 7.11 Å². The van der Waals surface area contributed by atoms with E-state index in [1.165, 1.54) is 13.2 Å². The van der Waals surface area contributed by atoms with Crippen LogP contribution in [0.15, 0.2) is 45.7 Å². The Balaban J connectivity index is 2.71. The predicted molar refractivity (Wildman–Crippen MR) is 92.6 cm³/mol. The minimum absolute atomic E-state index is 0.182. The van der Waals surface area contributed by atoms with Gasteiger partial charge in [-0.05, 0) is 34.5 Å². The van der Waals surface area contributed by atoms with Crippen LogP contribution in [0.25, 0.3) is 0 Å². The molecule has 1 aromatic carbocycles. The number of aromatic nitrogens is 1. The Hall–Kier alpha value is -1.40. The van der Waals surface area contributed by atoms with Crippen LogP contribution in [-0.4, -0.2) is 17.6 Å². The summed E-state index contributed by atoms with van der Waals surface area (Å²) in [5.74, 6) is -0.468. The van der Waals surface area contributed by atoms with Crippen LogP contribution in [0.3, 0.4) is 0 Å². The number of pyridine rings is 1. The second-order valence-corrected chi connectivity index (χ2v) is 6.15. The number of hydrogen-bond acceptors (Lipinski definition) is 3. The lowest BCUT2D eigenvalue weighted by Gasteiger charge is -2.21. The third-order valence-corrected chi connectivity index (χ3v) is 4.60. The second-order valence-electron chi connectivity index (χ2n) is 4.74. The van der Waals surface area contributed by atoms with Crippen molar-refractivity contribution in [3.8, 4) is 0 Å². The predicted octanol–water partition coefficient (Wildman–Crippen LogP) is 3.90. The van der Waals surface area contributed by atoms with Gasteiger partial charge in [-0.15, -0.1) is 0 Å². The molecular weight excluding hydrogens is 414 g/mol. The third kappa shape index (κ3) is 3.17. The van der Waals surface area contributed by atoms with Gasteiger partial charge >= 0.3 is 5.97 Å². The van der Waals surface area contributed by atoms with Gasteiger partial charge in [-0.2, -0.15) is 0 Å². The quantitative estimate of drug-likeness (QED) is 0.548. The van der Waals surface area contributed by atoms with E-state index in [9.17, 15) is 9.59 Å². The van der Waals surface area contributed by atoms with Gasteiger partial charge in [-0.25, -0.2) is 4.79 Å². The zero-order chi connectivity index (χ0) is 16.3. The first-order valence-corrected chi connectivity index (χ1v) is 8.55. The first-order chi connectivity index (χ1) is 10.5. The summed E-state index contributed by atoms with van der Waals surface area (Å²) >= 11 is 6.62. The fraction of sp³-hybridized carbons (Fsp3) is 0.250. The number of nitrogens with zero attached hydrogens (tertiary/aromatic N) is 1. The zero-order valence-electron chi connectivity index (χ0n) is 12.2. The summed E-state index contributed by atoms with van der Waals surface area (Å²) in [6, 6.07) is 11.0. The van der Waals surface area contributed by atoms with Crippen LogP contribution in [-0.2, 0) is 10.1 Å². The number of rotatable bonds is 4. The van der Waals surface area contributed by atoms with E-state index in [4.69, 9.17) is 4.74 Å². The summed E-state index contributed by atoms with van der Waals surface area (Å²) in [4.78, 5) is 24.6. The van der Waals surface area contributed by atoms with E-state index in [0.717, 1.165) is 5.56 Å². The SMILES string of the molecule is COC(=O)c1cc(Br)c(=O)n([C@@H](C)c2ccccc2)c1CBr. The van der Waals surface area contributed by atoms with Crippen molar-refractivity contribution in [1.82, 2.24) is 4.57 Å². The molecule has 0 radical (unpaired) electrons. The average molecular weight is 429 g/mol. The molecule has 6 heteroatoms. The van der Waals surface area contributed by atoms with Crippen LogP contribution in [0.2, 0.25) is 0 Å². The van der Waals surface area contributed by atoms with Gasteiger partial charge in [0.1, 0.15) is 0 Å². The monoisotopic (exact) mass is 427 g/mol. The molecule has 0 unspecified atom stereocenters. The molecule has 0 N–H and O–H groups in total. The van der Waals surface area contributed by atoms with E-state index in [-0.39, 0.29) is 11.6 Å². The summed E-state index contributed by atoms with van der Waals surface area (Å²) in [6.45, 7) is 1.93. The van der Waals surface area contributed by atoms with Crippen LogP contribution < -0.4 is 5.56 Å². The van der Waals surface area contributed by atoms with E-state index >= 15 is 0 Å². The van der Waals surface area contributed by atoms with Gasteiger partial charge < -0.3 is 9.30 Å². The Bertz CT molecular complexity index is 741. The number of alkyl halides is 1. The molecule has 0 aliphatic carbocycles. The molecule has 4 nitrogen and oxygen atoms in total. The molecule has 2 aromatic rings. The highest BCUT2D eigenvalue weighted by atomic mass is 79.9. The smallest absolute Gasteiger partial charge is 0.339 e. The lowest BCUT2D eigenvalue weighted by molar-refractivity contribution is 0.0598. The van der Waals surface area contributed by atoms with Crippen molar-refractivity contribution >= 4 is 37.8 Å². The Kier molecular flexibility index (Phi) is 5.58. The number of benzene rings is 1. The second kappa shape index (κ2) is 7.24. The molecule has 0 saturated carbocycles. The molecule has 0 spiro atoms. The van der Waals surface area contributed by atoms with E-state index < -0.39 is 5.97 Å². The van der Waals surface area contributed by atoms with Gasteiger partial charge in [0, 0.05) is 11.0 Å². The molecule has 0 fully saturated rings.